The molecule has 0 amide bonds. The van der Waals surface area contributed by atoms with Crippen molar-refractivity contribution in [3.8, 4) is 5.75 Å². The molecule has 2 rings (SSSR count). The molecule has 0 radical (unpaired) electrons. The summed E-state index contributed by atoms with van der Waals surface area (Å²) in [6.45, 7) is 2.79. The van der Waals surface area contributed by atoms with Crippen molar-refractivity contribution in [3.05, 3.63) is 36.0 Å². The number of aromatic nitrogens is 2. The summed E-state index contributed by atoms with van der Waals surface area (Å²) in [5.41, 5.74) is 1.01. The summed E-state index contributed by atoms with van der Waals surface area (Å²) in [5, 5.41) is 9.26. The van der Waals surface area contributed by atoms with Crippen LogP contribution in [0.5, 0.6) is 5.75 Å². The molecule has 1 aromatic carbocycles. The van der Waals surface area contributed by atoms with Gasteiger partial charge < -0.3 is 10.1 Å². The van der Waals surface area contributed by atoms with Crippen LogP contribution >= 0.6 is 0 Å². The number of ether oxygens (including phenoxy) is 1. The average Bonchev–Trinajstić information content (AvgIpc) is 2.89. The number of hydrogen-bond acceptors (Lipinski definition) is 5. The Labute approximate surface area is 123 Å². The van der Waals surface area contributed by atoms with E-state index in [0.29, 0.717) is 30.2 Å². The molecule has 0 spiro atoms. The summed E-state index contributed by atoms with van der Waals surface area (Å²) in [7, 11) is -1.98. The van der Waals surface area contributed by atoms with Gasteiger partial charge in [0.15, 0.2) is 5.03 Å². The van der Waals surface area contributed by atoms with Gasteiger partial charge in [0.05, 0.1) is 18.5 Å². The summed E-state index contributed by atoms with van der Waals surface area (Å²) in [6.07, 6.45) is 1.49. The zero-order chi connectivity index (χ0) is 15.3. The number of benzene rings is 1. The predicted octanol–water partition coefficient (Wildman–Crippen LogP) is 1.33. The van der Waals surface area contributed by atoms with Crippen LogP contribution < -0.4 is 14.8 Å². The first-order chi connectivity index (χ1) is 10.1. The minimum absolute atomic E-state index is 0.0543. The van der Waals surface area contributed by atoms with Crippen molar-refractivity contribution in [1.82, 2.24) is 15.5 Å². The Morgan fingerprint density at radius 3 is 2.90 bits per heavy atom. The second kappa shape index (κ2) is 6.59. The van der Waals surface area contributed by atoms with Crippen LogP contribution in [0, 0.1) is 0 Å². The SMILES string of the molecule is CCOc1cccc(NS(=O)(=O)c2[nH]ncc2CNC)c1. The van der Waals surface area contributed by atoms with Gasteiger partial charge >= 0.3 is 0 Å². The van der Waals surface area contributed by atoms with E-state index in [9.17, 15) is 8.42 Å². The van der Waals surface area contributed by atoms with Crippen LogP contribution in [0.4, 0.5) is 5.69 Å². The van der Waals surface area contributed by atoms with Crippen LogP contribution in [0.2, 0.25) is 0 Å². The fourth-order valence-electron chi connectivity index (χ4n) is 1.87. The number of H-pyrrole nitrogens is 1. The van der Waals surface area contributed by atoms with Gasteiger partial charge in [0, 0.05) is 18.2 Å². The first-order valence-electron chi connectivity index (χ1n) is 6.49. The van der Waals surface area contributed by atoms with Gasteiger partial charge in [-0.05, 0) is 26.1 Å². The van der Waals surface area contributed by atoms with Crippen LogP contribution in [-0.2, 0) is 16.6 Å². The van der Waals surface area contributed by atoms with E-state index in [1.807, 2.05) is 6.92 Å². The van der Waals surface area contributed by atoms with E-state index in [2.05, 4.69) is 20.2 Å². The molecule has 0 aliphatic heterocycles. The maximum absolute atomic E-state index is 12.4. The van der Waals surface area contributed by atoms with E-state index >= 15 is 0 Å². The fourth-order valence-corrected chi connectivity index (χ4v) is 3.05. The number of rotatable bonds is 7. The monoisotopic (exact) mass is 310 g/mol. The topological polar surface area (TPSA) is 96.1 Å². The van der Waals surface area contributed by atoms with Crippen molar-refractivity contribution in [2.45, 2.75) is 18.5 Å². The van der Waals surface area contributed by atoms with Crippen LogP contribution in [0.1, 0.15) is 12.5 Å². The Morgan fingerprint density at radius 2 is 2.19 bits per heavy atom. The smallest absolute Gasteiger partial charge is 0.279 e. The van der Waals surface area contributed by atoms with E-state index < -0.39 is 10.0 Å². The molecule has 0 fully saturated rings. The van der Waals surface area contributed by atoms with Crippen LogP contribution in [0.15, 0.2) is 35.5 Å². The molecule has 7 nitrogen and oxygen atoms in total. The second-order valence-electron chi connectivity index (χ2n) is 4.32. The fraction of sp³-hybridized carbons (Fsp3) is 0.308. The number of anilines is 1. The lowest BCUT2D eigenvalue weighted by Crippen LogP contribution is -2.17. The predicted molar refractivity (Wildman–Crippen MR) is 79.8 cm³/mol. The highest BCUT2D eigenvalue weighted by Crippen LogP contribution is 2.21. The Bertz CT molecular complexity index is 697. The van der Waals surface area contributed by atoms with Crippen molar-refractivity contribution < 1.29 is 13.2 Å². The molecule has 0 saturated heterocycles. The van der Waals surface area contributed by atoms with Gasteiger partial charge in [0.25, 0.3) is 10.0 Å². The zero-order valence-electron chi connectivity index (χ0n) is 11.9. The Morgan fingerprint density at radius 1 is 1.38 bits per heavy atom. The Hall–Kier alpha value is -2.06. The quantitative estimate of drug-likeness (QED) is 0.717. The molecule has 21 heavy (non-hydrogen) atoms. The van der Waals surface area contributed by atoms with Crippen molar-refractivity contribution in [1.29, 1.82) is 0 Å². The molecule has 1 heterocycles. The van der Waals surface area contributed by atoms with Gasteiger partial charge in [-0.3, -0.25) is 9.82 Å². The molecule has 0 saturated carbocycles. The normalized spacial score (nSPS) is 11.3. The summed E-state index contributed by atoms with van der Waals surface area (Å²) in [4.78, 5) is 0. The molecule has 3 N–H and O–H groups in total. The first-order valence-corrected chi connectivity index (χ1v) is 7.97. The zero-order valence-corrected chi connectivity index (χ0v) is 12.7. The standard InChI is InChI=1S/C13H18N4O3S/c1-3-20-12-6-4-5-11(7-12)17-21(18,19)13-10(8-14-2)9-15-16-13/h4-7,9,14,17H,3,8H2,1-2H3,(H,15,16). The van der Waals surface area contributed by atoms with E-state index in [-0.39, 0.29) is 5.03 Å². The molecular weight excluding hydrogens is 292 g/mol. The second-order valence-corrected chi connectivity index (χ2v) is 5.94. The van der Waals surface area contributed by atoms with Crippen molar-refractivity contribution in [3.63, 3.8) is 0 Å². The maximum Gasteiger partial charge on any atom is 0.279 e. The number of aromatic amines is 1. The van der Waals surface area contributed by atoms with Gasteiger partial charge in [-0.2, -0.15) is 13.5 Å². The van der Waals surface area contributed by atoms with Gasteiger partial charge in [0.2, 0.25) is 0 Å². The molecule has 114 valence electrons. The molecule has 0 aliphatic carbocycles. The minimum Gasteiger partial charge on any atom is -0.494 e. The number of sulfonamides is 1. The van der Waals surface area contributed by atoms with Gasteiger partial charge in [-0.25, -0.2) is 0 Å². The van der Waals surface area contributed by atoms with Crippen LogP contribution in [-0.4, -0.2) is 32.3 Å². The highest BCUT2D eigenvalue weighted by atomic mass is 32.2. The minimum atomic E-state index is -3.72. The number of hydrogen-bond donors (Lipinski definition) is 3. The lowest BCUT2D eigenvalue weighted by Gasteiger charge is -2.10. The molecule has 0 unspecified atom stereocenters. The average molecular weight is 310 g/mol. The summed E-state index contributed by atoms with van der Waals surface area (Å²) >= 11 is 0. The molecule has 1 aromatic heterocycles. The Balaban J connectivity index is 2.24. The third kappa shape index (κ3) is 3.73. The lowest BCUT2D eigenvalue weighted by atomic mass is 10.3. The summed E-state index contributed by atoms with van der Waals surface area (Å²) in [5.74, 6) is 0.609. The Kier molecular flexibility index (Phi) is 4.81. The third-order valence-corrected chi connectivity index (χ3v) is 4.11. The third-order valence-electron chi connectivity index (χ3n) is 2.71. The molecule has 0 aliphatic rings. The first kappa shape index (κ1) is 15.3. The molecule has 8 heteroatoms. The van der Waals surface area contributed by atoms with E-state index in [4.69, 9.17) is 4.74 Å². The maximum atomic E-state index is 12.4. The van der Waals surface area contributed by atoms with E-state index in [0.717, 1.165) is 0 Å². The van der Waals surface area contributed by atoms with Crippen molar-refractivity contribution in [2.75, 3.05) is 18.4 Å². The van der Waals surface area contributed by atoms with Crippen LogP contribution in [0.25, 0.3) is 0 Å². The van der Waals surface area contributed by atoms with Crippen molar-refractivity contribution >= 4 is 15.7 Å². The molecule has 0 bridgehead atoms. The van der Waals surface area contributed by atoms with Gasteiger partial charge in [-0.15, -0.1) is 0 Å². The number of nitrogens with zero attached hydrogens (tertiary/aromatic N) is 1. The highest BCUT2D eigenvalue weighted by molar-refractivity contribution is 7.92. The van der Waals surface area contributed by atoms with Crippen LogP contribution in [0.3, 0.4) is 0 Å². The molecule has 0 atom stereocenters. The molecular formula is C13H18N4O3S. The molecule has 2 aromatic rings. The highest BCUT2D eigenvalue weighted by Gasteiger charge is 2.20. The largest absolute Gasteiger partial charge is 0.494 e. The summed E-state index contributed by atoms with van der Waals surface area (Å²) < 4.78 is 32.6. The van der Waals surface area contributed by atoms with E-state index in [1.54, 1.807) is 31.3 Å². The summed E-state index contributed by atoms with van der Waals surface area (Å²) in [6, 6.07) is 6.79. The van der Waals surface area contributed by atoms with Gasteiger partial charge in [0.1, 0.15) is 5.75 Å². The number of nitrogens with one attached hydrogen (secondary N) is 3. The van der Waals surface area contributed by atoms with E-state index in [1.165, 1.54) is 6.20 Å². The van der Waals surface area contributed by atoms with Crippen molar-refractivity contribution in [2.24, 2.45) is 0 Å². The van der Waals surface area contributed by atoms with Gasteiger partial charge in [-0.1, -0.05) is 6.07 Å². The lowest BCUT2D eigenvalue weighted by molar-refractivity contribution is 0.340.